The van der Waals surface area contributed by atoms with Crippen molar-refractivity contribution < 1.29 is 9.53 Å². The van der Waals surface area contributed by atoms with Crippen molar-refractivity contribution in [3.63, 3.8) is 0 Å². The minimum absolute atomic E-state index is 0.00249. The van der Waals surface area contributed by atoms with Gasteiger partial charge in [0, 0.05) is 0 Å². The molecule has 3 saturated carbocycles. The van der Waals surface area contributed by atoms with Crippen LogP contribution in [0.5, 0.6) is 0 Å². The summed E-state index contributed by atoms with van der Waals surface area (Å²) in [5.41, 5.74) is 2.54. The van der Waals surface area contributed by atoms with Crippen molar-refractivity contribution in [3.8, 4) is 0 Å². The highest BCUT2D eigenvalue weighted by atomic mass is 16.5. The second kappa shape index (κ2) is 11.5. The topological polar surface area (TPSA) is 38.3 Å². The molecule has 0 radical (unpaired) electrons. The first-order valence-electron chi connectivity index (χ1n) is 15.5. The molecule has 3 fully saturated rings. The lowest BCUT2D eigenvalue weighted by Gasteiger charge is -2.58. The Morgan fingerprint density at radius 3 is 2.58 bits per heavy atom. The van der Waals surface area contributed by atoms with Crippen LogP contribution >= 0.6 is 0 Å². The van der Waals surface area contributed by atoms with Crippen LogP contribution in [0.15, 0.2) is 11.6 Å². The number of carbonyl (C=O) groups is 1. The fourth-order valence-electron chi connectivity index (χ4n) is 9.33. The minimum atomic E-state index is -0.00249. The molecular formula is C33H56NO2-. The molecule has 4 aliphatic carbocycles. The Labute approximate surface area is 223 Å². The van der Waals surface area contributed by atoms with Gasteiger partial charge in [-0.05, 0) is 104 Å². The number of hydrogen-bond donors (Lipinski definition) is 1. The molecule has 0 spiro atoms. The number of nitrogens with one attached hydrogen (secondary N) is 1. The molecule has 0 aromatic carbocycles. The van der Waals surface area contributed by atoms with Gasteiger partial charge in [-0.15, -0.1) is 0 Å². The largest absolute Gasteiger partial charge is 0.368 e. The molecule has 36 heavy (non-hydrogen) atoms. The molecule has 0 saturated heterocycles. The third-order valence-electron chi connectivity index (χ3n) is 11.4. The van der Waals surface area contributed by atoms with Crippen molar-refractivity contribution in [2.45, 2.75) is 118 Å². The molecule has 4 aliphatic rings. The van der Waals surface area contributed by atoms with Crippen LogP contribution in [-0.2, 0) is 9.53 Å². The third-order valence-corrected chi connectivity index (χ3v) is 11.4. The molecule has 0 aliphatic heterocycles. The van der Waals surface area contributed by atoms with Gasteiger partial charge in [-0.3, -0.25) is 4.79 Å². The monoisotopic (exact) mass is 498 g/mol. The van der Waals surface area contributed by atoms with Crippen LogP contribution in [0.1, 0.15) is 112 Å². The second-order valence-corrected chi connectivity index (χ2v) is 14.4. The van der Waals surface area contributed by atoms with Crippen molar-refractivity contribution in [2.24, 2.45) is 52.3 Å². The zero-order chi connectivity index (χ0) is 26.1. The predicted octanol–water partition coefficient (Wildman–Crippen LogP) is 8.00. The first-order valence-corrected chi connectivity index (χ1v) is 15.5. The number of allylic oxidation sites excluding steroid dienone is 1. The Kier molecular flexibility index (Phi) is 9.01. The van der Waals surface area contributed by atoms with Crippen LogP contribution in [0.2, 0.25) is 0 Å². The number of fused-ring (bicyclic) bond motifs is 5. The van der Waals surface area contributed by atoms with E-state index in [-0.39, 0.29) is 24.5 Å². The molecule has 3 nitrogen and oxygen atoms in total. The van der Waals surface area contributed by atoms with Gasteiger partial charge in [0.15, 0.2) is 0 Å². The minimum Gasteiger partial charge on any atom is -0.368 e. The summed E-state index contributed by atoms with van der Waals surface area (Å²) < 4.78 is 6.11. The van der Waals surface area contributed by atoms with Gasteiger partial charge in [-0.1, -0.05) is 72.5 Å². The predicted molar refractivity (Wildman–Crippen MR) is 150 cm³/mol. The van der Waals surface area contributed by atoms with Crippen molar-refractivity contribution in [1.82, 2.24) is 5.32 Å². The van der Waals surface area contributed by atoms with E-state index in [0.717, 1.165) is 48.3 Å². The molecule has 0 bridgehead atoms. The first-order chi connectivity index (χ1) is 17.0. The maximum Gasteiger partial charge on any atom is 0.245 e. The van der Waals surface area contributed by atoms with Crippen LogP contribution in [0.4, 0.5) is 0 Å². The lowest BCUT2D eigenvalue weighted by Crippen LogP contribution is -2.51. The van der Waals surface area contributed by atoms with Gasteiger partial charge in [-0.25, -0.2) is 0 Å². The van der Waals surface area contributed by atoms with Crippen molar-refractivity contribution in [3.05, 3.63) is 18.6 Å². The van der Waals surface area contributed by atoms with E-state index in [9.17, 15) is 4.79 Å². The van der Waals surface area contributed by atoms with E-state index in [4.69, 9.17) is 4.74 Å². The second-order valence-electron chi connectivity index (χ2n) is 14.4. The van der Waals surface area contributed by atoms with E-state index >= 15 is 0 Å². The molecule has 1 amide bonds. The quantitative estimate of drug-likeness (QED) is 0.245. The summed E-state index contributed by atoms with van der Waals surface area (Å²) in [5, 5.41) is 2.93. The van der Waals surface area contributed by atoms with Gasteiger partial charge in [0.25, 0.3) is 0 Å². The third kappa shape index (κ3) is 5.76. The standard InChI is InChI=1S/C33H56NO2/c1-22(2)9-8-10-24(5)28-13-14-29-27-12-11-25-19-26(36-21-31(35)34-20-23(3)4)15-17-32(25,6)30(27)16-18-33(28,29)7/h11,22-24,26-30H,3,8-10,12-21H2,1-2,4-7H3,(H,34,35)/q-1. The Hall–Kier alpha value is -0.830. The Morgan fingerprint density at radius 2 is 1.86 bits per heavy atom. The fraction of sp³-hybridized carbons (Fsp3) is 0.879. The fourth-order valence-corrected chi connectivity index (χ4v) is 9.33. The number of ether oxygens (including phenoxy) is 1. The number of rotatable bonds is 10. The van der Waals surface area contributed by atoms with E-state index in [2.05, 4.69) is 52.9 Å². The SMILES string of the molecule is [CH2-]C(C)CNC(=O)COC1CCC2(C)C(=CCC3C2CCC2(C)C(C(C)CCCC(C)C)CCC32)C1. The maximum atomic E-state index is 12.1. The van der Waals surface area contributed by atoms with Gasteiger partial charge in [0.05, 0.1) is 6.10 Å². The highest BCUT2D eigenvalue weighted by Crippen LogP contribution is 2.67. The van der Waals surface area contributed by atoms with Crippen molar-refractivity contribution in [1.29, 1.82) is 0 Å². The van der Waals surface area contributed by atoms with Gasteiger partial charge in [-0.2, -0.15) is 5.92 Å². The number of hydrogen-bond acceptors (Lipinski definition) is 2. The molecular weight excluding hydrogens is 442 g/mol. The van der Waals surface area contributed by atoms with E-state index in [1.165, 1.54) is 57.8 Å². The van der Waals surface area contributed by atoms with E-state index in [1.54, 1.807) is 5.57 Å². The molecule has 4 rings (SSSR count). The Morgan fingerprint density at radius 1 is 1.08 bits per heavy atom. The molecule has 0 heterocycles. The Bertz CT molecular complexity index is 787. The summed E-state index contributed by atoms with van der Waals surface area (Å²) in [7, 11) is 0. The lowest BCUT2D eigenvalue weighted by atomic mass is 9.47. The van der Waals surface area contributed by atoms with Crippen LogP contribution in [0, 0.1) is 59.2 Å². The molecule has 9 unspecified atom stereocenters. The van der Waals surface area contributed by atoms with E-state index in [1.807, 2.05) is 6.92 Å². The molecule has 0 aromatic rings. The highest BCUT2D eigenvalue weighted by molar-refractivity contribution is 5.77. The van der Waals surface area contributed by atoms with Crippen molar-refractivity contribution >= 4 is 5.91 Å². The molecule has 0 aromatic heterocycles. The normalized spacial score (nSPS) is 39.6. The zero-order valence-corrected chi connectivity index (χ0v) is 24.4. The lowest BCUT2D eigenvalue weighted by molar-refractivity contribution is -0.129. The average molecular weight is 499 g/mol. The zero-order valence-electron chi connectivity index (χ0n) is 24.4. The maximum absolute atomic E-state index is 12.1. The molecule has 206 valence electrons. The summed E-state index contributed by atoms with van der Waals surface area (Å²) >= 11 is 0. The van der Waals surface area contributed by atoms with Gasteiger partial charge in [0.1, 0.15) is 6.61 Å². The van der Waals surface area contributed by atoms with Crippen LogP contribution in [-0.4, -0.2) is 25.2 Å². The van der Waals surface area contributed by atoms with Gasteiger partial charge in [0.2, 0.25) is 5.91 Å². The van der Waals surface area contributed by atoms with Crippen LogP contribution in [0.3, 0.4) is 0 Å². The molecule has 9 atom stereocenters. The van der Waals surface area contributed by atoms with Crippen LogP contribution in [0.25, 0.3) is 0 Å². The summed E-state index contributed by atoms with van der Waals surface area (Å²) in [5.74, 6) is 5.49. The van der Waals surface area contributed by atoms with Crippen molar-refractivity contribution in [2.75, 3.05) is 13.2 Å². The van der Waals surface area contributed by atoms with E-state index < -0.39 is 0 Å². The summed E-state index contributed by atoms with van der Waals surface area (Å²) in [6.07, 6.45) is 17.4. The van der Waals surface area contributed by atoms with Crippen LogP contribution < -0.4 is 5.32 Å². The molecule has 3 heteroatoms. The molecule has 1 N–H and O–H groups in total. The van der Waals surface area contributed by atoms with Gasteiger partial charge >= 0.3 is 0 Å². The van der Waals surface area contributed by atoms with Gasteiger partial charge < -0.3 is 17.0 Å². The average Bonchev–Trinajstić information content (AvgIpc) is 3.18. The van der Waals surface area contributed by atoms with E-state index in [0.29, 0.717) is 17.4 Å². The first kappa shape index (κ1) is 28.2. The number of carbonyl (C=O) groups excluding carboxylic acids is 1. The summed E-state index contributed by atoms with van der Waals surface area (Å²) in [6, 6.07) is 0. The highest BCUT2D eigenvalue weighted by Gasteiger charge is 2.59. The summed E-state index contributed by atoms with van der Waals surface area (Å²) in [4.78, 5) is 12.1. The Balaban J connectivity index is 1.36. The smallest absolute Gasteiger partial charge is 0.245 e. The summed E-state index contributed by atoms with van der Waals surface area (Å²) in [6.45, 7) is 19.3. The number of amides is 1.